The van der Waals surface area contributed by atoms with E-state index in [-0.39, 0.29) is 5.92 Å². The molecular weight excluding hydrogens is 238 g/mol. The van der Waals surface area contributed by atoms with Gasteiger partial charge in [-0.15, -0.1) is 0 Å². The van der Waals surface area contributed by atoms with Crippen molar-refractivity contribution in [1.29, 1.82) is 0 Å². The lowest BCUT2D eigenvalue weighted by atomic mass is 9.69. The minimum Gasteiger partial charge on any atom is -0.481 e. The maximum Gasteiger partial charge on any atom is 0.307 e. The van der Waals surface area contributed by atoms with E-state index in [1.807, 2.05) is 6.07 Å². The molecule has 102 valence electrons. The Hall–Kier alpha value is -1.35. The second kappa shape index (κ2) is 5.33. The van der Waals surface area contributed by atoms with Crippen LogP contribution in [0.2, 0.25) is 0 Å². The molecule has 3 rings (SSSR count). The molecule has 1 aliphatic heterocycles. The summed E-state index contributed by atoms with van der Waals surface area (Å²) in [6.07, 6.45) is 3.37. The molecule has 0 aromatic heterocycles. The second-order valence-electron chi connectivity index (χ2n) is 5.99. The number of piperidine rings is 1. The summed E-state index contributed by atoms with van der Waals surface area (Å²) in [5.41, 5.74) is 1.33. The highest BCUT2D eigenvalue weighted by molar-refractivity contribution is 5.71. The predicted octanol–water partition coefficient (Wildman–Crippen LogP) is 2.62. The molecule has 1 N–H and O–H groups in total. The van der Waals surface area contributed by atoms with Crippen molar-refractivity contribution in [2.24, 2.45) is 17.8 Å². The molecule has 2 bridgehead atoms. The summed E-state index contributed by atoms with van der Waals surface area (Å²) in [5.74, 6) is 0.0391. The number of hydrogen-bond donors (Lipinski definition) is 1. The maximum atomic E-state index is 11.4. The smallest absolute Gasteiger partial charge is 0.307 e. The van der Waals surface area contributed by atoms with E-state index in [9.17, 15) is 9.90 Å². The molecule has 2 fully saturated rings. The number of carboxylic acids is 1. The van der Waals surface area contributed by atoms with Gasteiger partial charge in [0.2, 0.25) is 0 Å². The third-order valence-corrected chi connectivity index (χ3v) is 4.69. The lowest BCUT2D eigenvalue weighted by Crippen LogP contribution is -2.50. The first-order valence-electron chi connectivity index (χ1n) is 7.23. The van der Waals surface area contributed by atoms with Crippen molar-refractivity contribution >= 4 is 5.97 Å². The minimum absolute atomic E-state index is 0.0965. The molecular formula is C16H21NO2. The first-order valence-corrected chi connectivity index (χ1v) is 7.23. The molecule has 2 aliphatic rings. The molecule has 1 heterocycles. The van der Waals surface area contributed by atoms with Crippen molar-refractivity contribution in [1.82, 2.24) is 4.90 Å². The number of aliphatic carboxylic acids is 1. The molecule has 2 atom stereocenters. The van der Waals surface area contributed by atoms with Gasteiger partial charge in [-0.1, -0.05) is 36.8 Å². The predicted molar refractivity (Wildman–Crippen MR) is 73.7 cm³/mol. The fraction of sp³-hybridized carbons (Fsp3) is 0.562. The van der Waals surface area contributed by atoms with Crippen molar-refractivity contribution in [2.75, 3.05) is 13.1 Å². The number of carbonyl (C=O) groups is 1. The molecule has 1 aliphatic carbocycles. The minimum atomic E-state index is -0.575. The van der Waals surface area contributed by atoms with Crippen LogP contribution in [0.15, 0.2) is 30.3 Å². The highest BCUT2D eigenvalue weighted by atomic mass is 16.4. The van der Waals surface area contributed by atoms with Crippen LogP contribution in [0.3, 0.4) is 0 Å². The van der Waals surface area contributed by atoms with Crippen LogP contribution in [0.5, 0.6) is 0 Å². The number of hydrogen-bond acceptors (Lipinski definition) is 2. The maximum absolute atomic E-state index is 11.4. The van der Waals surface area contributed by atoms with Gasteiger partial charge in [-0.25, -0.2) is 0 Å². The first kappa shape index (κ1) is 12.7. The van der Waals surface area contributed by atoms with Gasteiger partial charge in [0.15, 0.2) is 0 Å². The molecule has 1 aromatic rings. The molecule has 3 nitrogen and oxygen atoms in total. The summed E-state index contributed by atoms with van der Waals surface area (Å²) in [5, 5.41) is 9.40. The van der Waals surface area contributed by atoms with E-state index in [4.69, 9.17) is 0 Å². The monoisotopic (exact) mass is 259 g/mol. The van der Waals surface area contributed by atoms with Gasteiger partial charge >= 0.3 is 5.97 Å². The zero-order valence-corrected chi connectivity index (χ0v) is 11.2. The highest BCUT2D eigenvalue weighted by Gasteiger charge is 2.43. The van der Waals surface area contributed by atoms with Crippen LogP contribution >= 0.6 is 0 Å². The average molecular weight is 259 g/mol. The van der Waals surface area contributed by atoms with E-state index in [0.717, 1.165) is 32.5 Å². The summed E-state index contributed by atoms with van der Waals surface area (Å²) in [6.45, 7) is 2.85. The lowest BCUT2D eigenvalue weighted by molar-refractivity contribution is -0.151. The van der Waals surface area contributed by atoms with Crippen LogP contribution in [0.1, 0.15) is 24.8 Å². The Morgan fingerprint density at radius 3 is 2.37 bits per heavy atom. The number of benzene rings is 1. The zero-order chi connectivity index (χ0) is 13.2. The molecule has 2 unspecified atom stereocenters. The molecule has 0 amide bonds. The van der Waals surface area contributed by atoms with Crippen molar-refractivity contribution in [2.45, 2.75) is 25.8 Å². The van der Waals surface area contributed by atoms with Crippen LogP contribution in [-0.4, -0.2) is 29.1 Å². The van der Waals surface area contributed by atoms with Crippen molar-refractivity contribution in [3.63, 3.8) is 0 Å². The topological polar surface area (TPSA) is 40.5 Å². The zero-order valence-electron chi connectivity index (χ0n) is 11.2. The number of nitrogens with zero attached hydrogens (tertiary/aromatic N) is 1. The average Bonchev–Trinajstić information content (AvgIpc) is 2.38. The van der Waals surface area contributed by atoms with Crippen LogP contribution < -0.4 is 0 Å². The lowest BCUT2D eigenvalue weighted by Gasteiger charge is -2.45. The van der Waals surface area contributed by atoms with Crippen LogP contribution in [-0.2, 0) is 11.3 Å². The van der Waals surface area contributed by atoms with Crippen LogP contribution in [0, 0.1) is 17.8 Å². The van der Waals surface area contributed by atoms with Gasteiger partial charge in [-0.3, -0.25) is 9.69 Å². The number of rotatable bonds is 3. The molecule has 3 heteroatoms. The van der Waals surface area contributed by atoms with Gasteiger partial charge in [0.1, 0.15) is 0 Å². The number of likely N-dealkylation sites (tertiary alicyclic amines) is 1. The van der Waals surface area contributed by atoms with E-state index in [1.165, 1.54) is 12.0 Å². The van der Waals surface area contributed by atoms with Gasteiger partial charge in [-0.05, 0) is 30.2 Å². The Bertz CT molecular complexity index is 431. The molecule has 1 aromatic carbocycles. The molecule has 19 heavy (non-hydrogen) atoms. The third kappa shape index (κ3) is 2.66. The largest absolute Gasteiger partial charge is 0.481 e. The Morgan fingerprint density at radius 2 is 1.79 bits per heavy atom. The van der Waals surface area contributed by atoms with Gasteiger partial charge in [0, 0.05) is 19.6 Å². The first-order chi connectivity index (χ1) is 9.24. The Kier molecular flexibility index (Phi) is 3.56. The van der Waals surface area contributed by atoms with E-state index in [0.29, 0.717) is 11.8 Å². The Labute approximate surface area is 114 Å². The fourth-order valence-electron chi connectivity index (χ4n) is 3.91. The summed E-state index contributed by atoms with van der Waals surface area (Å²) < 4.78 is 0. The normalized spacial score (nSPS) is 31.1. The van der Waals surface area contributed by atoms with E-state index >= 15 is 0 Å². The van der Waals surface area contributed by atoms with Gasteiger partial charge in [0.25, 0.3) is 0 Å². The van der Waals surface area contributed by atoms with E-state index < -0.39 is 5.97 Å². The summed E-state index contributed by atoms with van der Waals surface area (Å²) in [6, 6.07) is 10.5. The third-order valence-electron chi connectivity index (χ3n) is 4.69. The van der Waals surface area contributed by atoms with Crippen molar-refractivity contribution in [3.05, 3.63) is 35.9 Å². The summed E-state index contributed by atoms with van der Waals surface area (Å²) in [4.78, 5) is 13.9. The van der Waals surface area contributed by atoms with Crippen LogP contribution in [0.25, 0.3) is 0 Å². The SMILES string of the molecule is O=C(O)C1C2CCCC1CN(Cc1ccccc1)C2. The number of carboxylic acid groups (broad SMARTS) is 1. The quantitative estimate of drug-likeness (QED) is 0.907. The van der Waals surface area contributed by atoms with Crippen molar-refractivity contribution < 1.29 is 9.90 Å². The fourth-order valence-corrected chi connectivity index (χ4v) is 3.91. The van der Waals surface area contributed by atoms with Gasteiger partial charge < -0.3 is 5.11 Å². The highest BCUT2D eigenvalue weighted by Crippen LogP contribution is 2.40. The molecule has 0 radical (unpaired) electrons. The molecule has 0 spiro atoms. The van der Waals surface area contributed by atoms with E-state index in [1.54, 1.807) is 0 Å². The summed E-state index contributed by atoms with van der Waals surface area (Å²) in [7, 11) is 0. The van der Waals surface area contributed by atoms with E-state index in [2.05, 4.69) is 29.2 Å². The molecule has 1 saturated carbocycles. The van der Waals surface area contributed by atoms with Gasteiger partial charge in [0.05, 0.1) is 5.92 Å². The molecule has 1 saturated heterocycles. The second-order valence-corrected chi connectivity index (χ2v) is 5.99. The van der Waals surface area contributed by atoms with Crippen LogP contribution in [0.4, 0.5) is 0 Å². The summed E-state index contributed by atoms with van der Waals surface area (Å²) >= 11 is 0. The standard InChI is InChI=1S/C16H21NO2/c18-16(19)15-13-7-4-8-14(15)11-17(10-13)9-12-5-2-1-3-6-12/h1-3,5-6,13-15H,4,7-11H2,(H,18,19). The Balaban J connectivity index is 1.69. The number of fused-ring (bicyclic) bond motifs is 2. The van der Waals surface area contributed by atoms with Gasteiger partial charge in [-0.2, -0.15) is 0 Å². The van der Waals surface area contributed by atoms with Crippen molar-refractivity contribution in [3.8, 4) is 0 Å². The Morgan fingerprint density at radius 1 is 1.16 bits per heavy atom.